The van der Waals surface area contributed by atoms with Gasteiger partial charge in [0, 0.05) is 42.9 Å². The number of rotatable bonds is 8. The first-order valence-electron chi connectivity index (χ1n) is 9.93. The van der Waals surface area contributed by atoms with Crippen molar-refractivity contribution in [3.05, 3.63) is 54.4 Å². The molecule has 1 amide bonds. The summed E-state index contributed by atoms with van der Waals surface area (Å²) < 4.78 is 27.4. The van der Waals surface area contributed by atoms with Gasteiger partial charge in [0.1, 0.15) is 0 Å². The highest BCUT2D eigenvalue weighted by atomic mass is 32.2. The van der Waals surface area contributed by atoms with Gasteiger partial charge in [0.2, 0.25) is 15.9 Å². The van der Waals surface area contributed by atoms with E-state index in [1.165, 1.54) is 0 Å². The molecule has 0 aliphatic carbocycles. The lowest BCUT2D eigenvalue weighted by molar-refractivity contribution is -0.115. The number of pyridine rings is 1. The van der Waals surface area contributed by atoms with Gasteiger partial charge in [-0.3, -0.25) is 9.78 Å². The number of anilines is 1. The van der Waals surface area contributed by atoms with E-state index in [0.717, 1.165) is 37.1 Å². The van der Waals surface area contributed by atoms with Gasteiger partial charge in [0.15, 0.2) is 0 Å². The number of carbonyl (C=O) groups excluding carboxylic acids is 1. The van der Waals surface area contributed by atoms with Crippen LogP contribution in [0, 0.1) is 0 Å². The van der Waals surface area contributed by atoms with E-state index in [0.29, 0.717) is 31.0 Å². The Balaban J connectivity index is 1.52. The van der Waals surface area contributed by atoms with Crippen molar-refractivity contribution in [1.82, 2.24) is 9.29 Å². The fourth-order valence-electron chi connectivity index (χ4n) is 3.21. The molecule has 1 fully saturated rings. The molecule has 0 atom stereocenters. The molecule has 1 aromatic heterocycles. The SMILES string of the molecule is O=C(CCSCc1ccccn1)Nc1cccc(S(=O)(=O)N2CCCCCC2)c1. The van der Waals surface area contributed by atoms with Crippen molar-refractivity contribution in [2.75, 3.05) is 24.2 Å². The Bertz CT molecular complexity index is 896. The van der Waals surface area contributed by atoms with Gasteiger partial charge in [0.25, 0.3) is 0 Å². The third-order valence-electron chi connectivity index (χ3n) is 4.77. The molecule has 3 rings (SSSR count). The highest BCUT2D eigenvalue weighted by molar-refractivity contribution is 7.98. The summed E-state index contributed by atoms with van der Waals surface area (Å²) in [6.07, 6.45) is 6.05. The first-order chi connectivity index (χ1) is 14.1. The molecule has 1 N–H and O–H groups in total. The summed E-state index contributed by atoms with van der Waals surface area (Å²) in [5.74, 6) is 1.31. The van der Waals surface area contributed by atoms with E-state index in [2.05, 4.69) is 10.3 Å². The predicted molar refractivity (Wildman–Crippen MR) is 117 cm³/mol. The zero-order valence-corrected chi connectivity index (χ0v) is 18.1. The van der Waals surface area contributed by atoms with Crippen molar-refractivity contribution < 1.29 is 13.2 Å². The van der Waals surface area contributed by atoms with Crippen LogP contribution in [0.4, 0.5) is 5.69 Å². The molecule has 0 unspecified atom stereocenters. The van der Waals surface area contributed by atoms with Crippen LogP contribution in [0.1, 0.15) is 37.8 Å². The van der Waals surface area contributed by atoms with Crippen LogP contribution in [0.3, 0.4) is 0 Å². The minimum atomic E-state index is -3.52. The minimum absolute atomic E-state index is 0.122. The Morgan fingerprint density at radius 2 is 1.86 bits per heavy atom. The number of sulfonamides is 1. The minimum Gasteiger partial charge on any atom is -0.326 e. The fourth-order valence-corrected chi connectivity index (χ4v) is 5.63. The van der Waals surface area contributed by atoms with Crippen molar-refractivity contribution in [3.8, 4) is 0 Å². The molecular formula is C21H27N3O3S2. The van der Waals surface area contributed by atoms with Crippen LogP contribution >= 0.6 is 11.8 Å². The summed E-state index contributed by atoms with van der Waals surface area (Å²) in [7, 11) is -3.52. The quantitative estimate of drug-likeness (QED) is 0.639. The molecule has 2 heterocycles. The van der Waals surface area contributed by atoms with E-state index in [1.54, 1.807) is 46.5 Å². The number of benzene rings is 1. The molecule has 0 bridgehead atoms. The van der Waals surface area contributed by atoms with Crippen molar-refractivity contribution >= 4 is 33.4 Å². The number of thioether (sulfide) groups is 1. The van der Waals surface area contributed by atoms with Crippen LogP contribution in [-0.4, -0.2) is 42.5 Å². The van der Waals surface area contributed by atoms with Crippen LogP contribution in [0.25, 0.3) is 0 Å². The second-order valence-electron chi connectivity index (χ2n) is 7.02. The van der Waals surface area contributed by atoms with Crippen molar-refractivity contribution in [2.45, 2.75) is 42.8 Å². The van der Waals surface area contributed by atoms with Gasteiger partial charge in [-0.05, 0) is 43.2 Å². The lowest BCUT2D eigenvalue weighted by Gasteiger charge is -2.20. The summed E-state index contributed by atoms with van der Waals surface area (Å²) in [5.41, 5.74) is 1.50. The smallest absolute Gasteiger partial charge is 0.243 e. The zero-order chi connectivity index (χ0) is 20.5. The molecule has 1 saturated heterocycles. The van der Waals surface area contributed by atoms with Gasteiger partial charge in [-0.25, -0.2) is 8.42 Å². The van der Waals surface area contributed by atoms with Gasteiger partial charge < -0.3 is 5.32 Å². The van der Waals surface area contributed by atoms with E-state index < -0.39 is 10.0 Å². The molecule has 29 heavy (non-hydrogen) atoms. The molecule has 2 aromatic rings. The Hall–Kier alpha value is -1.90. The Morgan fingerprint density at radius 1 is 1.07 bits per heavy atom. The first-order valence-corrected chi connectivity index (χ1v) is 12.5. The van der Waals surface area contributed by atoms with E-state index in [9.17, 15) is 13.2 Å². The largest absolute Gasteiger partial charge is 0.326 e. The van der Waals surface area contributed by atoms with E-state index >= 15 is 0 Å². The van der Waals surface area contributed by atoms with Gasteiger partial charge in [-0.2, -0.15) is 16.1 Å². The van der Waals surface area contributed by atoms with Crippen molar-refractivity contribution in [2.24, 2.45) is 0 Å². The number of hydrogen-bond donors (Lipinski definition) is 1. The van der Waals surface area contributed by atoms with Gasteiger partial charge >= 0.3 is 0 Å². The molecule has 1 aliphatic heterocycles. The summed E-state index contributed by atoms with van der Waals surface area (Å²) in [6, 6.07) is 12.3. The number of nitrogens with zero attached hydrogens (tertiary/aromatic N) is 2. The van der Waals surface area contributed by atoms with Crippen LogP contribution in [-0.2, 0) is 20.6 Å². The second-order valence-corrected chi connectivity index (χ2v) is 10.1. The highest BCUT2D eigenvalue weighted by Crippen LogP contribution is 2.23. The summed E-state index contributed by atoms with van der Waals surface area (Å²) in [6.45, 7) is 1.12. The lowest BCUT2D eigenvalue weighted by Crippen LogP contribution is -2.32. The van der Waals surface area contributed by atoms with Crippen molar-refractivity contribution in [1.29, 1.82) is 0 Å². The lowest BCUT2D eigenvalue weighted by atomic mass is 10.2. The maximum absolute atomic E-state index is 12.9. The number of carbonyl (C=O) groups is 1. The second kappa shape index (κ2) is 10.8. The Morgan fingerprint density at radius 3 is 2.59 bits per heavy atom. The van der Waals surface area contributed by atoms with E-state index in [1.807, 2.05) is 18.2 Å². The average Bonchev–Trinajstić information content (AvgIpc) is 3.02. The number of aromatic nitrogens is 1. The van der Waals surface area contributed by atoms with Crippen LogP contribution in [0.5, 0.6) is 0 Å². The van der Waals surface area contributed by atoms with Crippen LogP contribution < -0.4 is 5.32 Å². The van der Waals surface area contributed by atoms with E-state index in [-0.39, 0.29) is 10.8 Å². The molecule has 0 saturated carbocycles. The predicted octanol–water partition coefficient (Wildman–Crippen LogP) is 3.91. The van der Waals surface area contributed by atoms with Crippen LogP contribution in [0.2, 0.25) is 0 Å². The third-order valence-corrected chi connectivity index (χ3v) is 7.66. The standard InChI is InChI=1S/C21H27N3O3S2/c25-21(11-15-28-17-19-8-3-4-12-22-19)23-18-9-7-10-20(16-18)29(26,27)24-13-5-1-2-6-14-24/h3-4,7-10,12,16H,1-2,5-6,11,13-15,17H2,(H,23,25). The Labute approximate surface area is 177 Å². The maximum atomic E-state index is 12.9. The number of nitrogens with one attached hydrogen (secondary N) is 1. The monoisotopic (exact) mass is 433 g/mol. The number of hydrogen-bond acceptors (Lipinski definition) is 5. The average molecular weight is 434 g/mol. The molecule has 0 spiro atoms. The van der Waals surface area contributed by atoms with Crippen molar-refractivity contribution in [3.63, 3.8) is 0 Å². The van der Waals surface area contributed by atoms with E-state index in [4.69, 9.17) is 0 Å². The summed E-state index contributed by atoms with van der Waals surface area (Å²) in [5, 5.41) is 2.82. The molecule has 6 nitrogen and oxygen atoms in total. The maximum Gasteiger partial charge on any atom is 0.243 e. The molecule has 1 aromatic carbocycles. The molecule has 8 heteroatoms. The normalized spacial score (nSPS) is 15.6. The third kappa shape index (κ3) is 6.55. The highest BCUT2D eigenvalue weighted by Gasteiger charge is 2.25. The summed E-state index contributed by atoms with van der Waals surface area (Å²) >= 11 is 1.65. The summed E-state index contributed by atoms with van der Waals surface area (Å²) in [4.78, 5) is 16.7. The van der Waals surface area contributed by atoms with Gasteiger partial charge in [-0.15, -0.1) is 0 Å². The molecule has 156 valence electrons. The fraction of sp³-hybridized carbons (Fsp3) is 0.429. The molecular weight excluding hydrogens is 406 g/mol. The zero-order valence-electron chi connectivity index (χ0n) is 16.4. The van der Waals surface area contributed by atoms with Gasteiger partial charge in [-0.1, -0.05) is 25.0 Å². The first kappa shape index (κ1) is 21.8. The molecule has 0 radical (unpaired) electrons. The topological polar surface area (TPSA) is 79.4 Å². The Kier molecular flexibility index (Phi) is 8.09. The van der Waals surface area contributed by atoms with Crippen LogP contribution in [0.15, 0.2) is 53.6 Å². The molecule has 1 aliphatic rings. The van der Waals surface area contributed by atoms with Gasteiger partial charge in [0.05, 0.1) is 10.6 Å². The number of amides is 1.